The minimum absolute atomic E-state index is 0.0320. The van der Waals surface area contributed by atoms with Gasteiger partial charge in [0.25, 0.3) is 0 Å². The average Bonchev–Trinajstić information content (AvgIpc) is 2.16. The zero-order valence-electron chi connectivity index (χ0n) is 9.75. The van der Waals surface area contributed by atoms with Gasteiger partial charge in [0.05, 0.1) is 12.5 Å². The van der Waals surface area contributed by atoms with E-state index in [0.717, 1.165) is 23.4 Å². The van der Waals surface area contributed by atoms with Crippen molar-refractivity contribution in [1.82, 2.24) is 4.90 Å². The second-order valence-corrected chi connectivity index (χ2v) is 4.49. The zero-order chi connectivity index (χ0) is 11.4. The van der Waals surface area contributed by atoms with Gasteiger partial charge in [0.2, 0.25) is 0 Å². The second-order valence-electron chi connectivity index (χ2n) is 3.96. The Morgan fingerprint density at radius 2 is 2.07 bits per heavy atom. The zero-order valence-corrected chi connectivity index (χ0v) is 10.5. The van der Waals surface area contributed by atoms with E-state index >= 15 is 0 Å². The Bertz CT molecular complexity index is 325. The third-order valence-electron chi connectivity index (χ3n) is 2.31. The highest BCUT2D eigenvalue weighted by Gasteiger charge is 2.10. The van der Waals surface area contributed by atoms with Crippen molar-refractivity contribution >= 4 is 11.6 Å². The predicted octanol–water partition coefficient (Wildman–Crippen LogP) is 2.85. The van der Waals surface area contributed by atoms with E-state index in [1.165, 1.54) is 0 Å². The summed E-state index contributed by atoms with van der Waals surface area (Å²) in [6, 6.07) is 6.07. The molecule has 0 aliphatic rings. The molecule has 0 aliphatic heterocycles. The van der Waals surface area contributed by atoms with E-state index in [9.17, 15) is 0 Å². The summed E-state index contributed by atoms with van der Waals surface area (Å²) < 4.78 is 5.21. The normalized spacial score (nSPS) is 12.9. The van der Waals surface area contributed by atoms with Crippen molar-refractivity contribution in [2.24, 2.45) is 0 Å². The van der Waals surface area contributed by atoms with E-state index in [4.69, 9.17) is 16.3 Å². The molecule has 0 fully saturated rings. The average molecular weight is 228 g/mol. The summed E-state index contributed by atoms with van der Waals surface area (Å²) in [4.78, 5) is 2.08. The topological polar surface area (TPSA) is 12.5 Å². The van der Waals surface area contributed by atoms with E-state index in [2.05, 4.69) is 11.0 Å². The Kier molecular flexibility index (Phi) is 4.43. The van der Waals surface area contributed by atoms with Crippen LogP contribution in [0.15, 0.2) is 18.2 Å². The summed E-state index contributed by atoms with van der Waals surface area (Å²) in [7, 11) is 5.72. The first-order valence-electron chi connectivity index (χ1n) is 4.98. The number of aryl methyl sites for hydroxylation is 1. The third kappa shape index (κ3) is 3.40. The van der Waals surface area contributed by atoms with Gasteiger partial charge in [-0.3, -0.25) is 0 Å². The molecule has 1 aromatic rings. The van der Waals surface area contributed by atoms with Crippen molar-refractivity contribution in [3.05, 3.63) is 29.3 Å². The van der Waals surface area contributed by atoms with E-state index in [1.807, 2.05) is 33.2 Å². The van der Waals surface area contributed by atoms with E-state index < -0.39 is 0 Å². The standard InChI is InChI=1S/C12H18ClNO/c1-9-7-10(5-6-12(9)15-4)11(13)8-14(2)3/h5-7,11H,8H2,1-4H3. The fourth-order valence-electron chi connectivity index (χ4n) is 1.52. The number of likely N-dealkylation sites (N-methyl/N-ethyl adjacent to an activating group) is 1. The molecule has 0 aromatic heterocycles. The molecular weight excluding hydrogens is 210 g/mol. The molecule has 0 spiro atoms. The van der Waals surface area contributed by atoms with Gasteiger partial charge >= 0.3 is 0 Å². The lowest BCUT2D eigenvalue weighted by Gasteiger charge is -2.16. The number of rotatable bonds is 4. The summed E-state index contributed by atoms with van der Waals surface area (Å²) in [5, 5.41) is 0.0320. The first-order valence-corrected chi connectivity index (χ1v) is 5.41. The molecule has 15 heavy (non-hydrogen) atoms. The maximum atomic E-state index is 6.29. The lowest BCUT2D eigenvalue weighted by molar-refractivity contribution is 0.405. The Balaban J connectivity index is 2.82. The maximum absolute atomic E-state index is 6.29. The van der Waals surface area contributed by atoms with Crippen LogP contribution in [0.5, 0.6) is 5.75 Å². The number of alkyl halides is 1. The third-order valence-corrected chi connectivity index (χ3v) is 2.70. The van der Waals surface area contributed by atoms with Crippen LogP contribution in [0.25, 0.3) is 0 Å². The number of methoxy groups -OCH3 is 1. The van der Waals surface area contributed by atoms with Crippen LogP contribution in [0.3, 0.4) is 0 Å². The summed E-state index contributed by atoms with van der Waals surface area (Å²) in [5.41, 5.74) is 2.27. The molecule has 1 atom stereocenters. The molecular formula is C12H18ClNO. The minimum atomic E-state index is 0.0320. The van der Waals surface area contributed by atoms with Gasteiger partial charge in [0.1, 0.15) is 5.75 Å². The van der Waals surface area contributed by atoms with Crippen molar-refractivity contribution in [2.75, 3.05) is 27.7 Å². The molecule has 1 aromatic carbocycles. The van der Waals surface area contributed by atoms with Crippen molar-refractivity contribution < 1.29 is 4.74 Å². The molecule has 1 unspecified atom stereocenters. The fraction of sp³-hybridized carbons (Fsp3) is 0.500. The van der Waals surface area contributed by atoms with Crippen LogP contribution in [-0.2, 0) is 0 Å². The Labute approximate surface area is 96.8 Å². The summed E-state index contributed by atoms with van der Waals surface area (Å²) in [6.45, 7) is 2.87. The maximum Gasteiger partial charge on any atom is 0.121 e. The summed E-state index contributed by atoms with van der Waals surface area (Å²) >= 11 is 6.29. The van der Waals surface area contributed by atoms with E-state index in [1.54, 1.807) is 7.11 Å². The van der Waals surface area contributed by atoms with Gasteiger partial charge in [0, 0.05) is 6.54 Å². The molecule has 84 valence electrons. The lowest BCUT2D eigenvalue weighted by Crippen LogP contribution is -2.17. The summed E-state index contributed by atoms with van der Waals surface area (Å²) in [5.74, 6) is 0.910. The second kappa shape index (κ2) is 5.38. The van der Waals surface area contributed by atoms with Gasteiger partial charge < -0.3 is 9.64 Å². The van der Waals surface area contributed by atoms with Crippen LogP contribution in [-0.4, -0.2) is 32.6 Å². The molecule has 0 N–H and O–H groups in total. The van der Waals surface area contributed by atoms with E-state index in [0.29, 0.717) is 0 Å². The van der Waals surface area contributed by atoms with Crippen LogP contribution in [0, 0.1) is 6.92 Å². The van der Waals surface area contributed by atoms with Crippen LogP contribution in [0.4, 0.5) is 0 Å². The van der Waals surface area contributed by atoms with Gasteiger partial charge in [0.15, 0.2) is 0 Å². The molecule has 1 rings (SSSR count). The Hall–Kier alpha value is -0.730. The molecule has 0 heterocycles. The molecule has 0 radical (unpaired) electrons. The molecule has 0 amide bonds. The predicted molar refractivity (Wildman–Crippen MR) is 64.9 cm³/mol. The first-order chi connectivity index (χ1) is 7.04. The number of benzene rings is 1. The molecule has 0 bridgehead atoms. The highest BCUT2D eigenvalue weighted by Crippen LogP contribution is 2.26. The number of ether oxygens (including phenoxy) is 1. The minimum Gasteiger partial charge on any atom is -0.496 e. The van der Waals surface area contributed by atoms with E-state index in [-0.39, 0.29) is 5.38 Å². The number of nitrogens with zero attached hydrogens (tertiary/aromatic N) is 1. The quantitative estimate of drug-likeness (QED) is 0.734. The van der Waals surface area contributed by atoms with Crippen molar-refractivity contribution in [3.8, 4) is 5.75 Å². The van der Waals surface area contributed by atoms with Crippen LogP contribution in [0.1, 0.15) is 16.5 Å². The monoisotopic (exact) mass is 227 g/mol. The number of hydrogen-bond acceptors (Lipinski definition) is 2. The van der Waals surface area contributed by atoms with Gasteiger partial charge in [-0.15, -0.1) is 11.6 Å². The smallest absolute Gasteiger partial charge is 0.121 e. The fourth-order valence-corrected chi connectivity index (χ4v) is 1.93. The van der Waals surface area contributed by atoms with Crippen LogP contribution >= 0.6 is 11.6 Å². The van der Waals surface area contributed by atoms with Gasteiger partial charge in [-0.05, 0) is 38.2 Å². The largest absolute Gasteiger partial charge is 0.496 e. The van der Waals surface area contributed by atoms with Gasteiger partial charge in [-0.1, -0.05) is 12.1 Å². The van der Waals surface area contributed by atoms with Crippen LogP contribution in [0.2, 0.25) is 0 Å². The summed E-state index contributed by atoms with van der Waals surface area (Å²) in [6.07, 6.45) is 0. The molecule has 0 saturated heterocycles. The van der Waals surface area contributed by atoms with Gasteiger partial charge in [-0.25, -0.2) is 0 Å². The number of halogens is 1. The van der Waals surface area contributed by atoms with Crippen LogP contribution < -0.4 is 4.74 Å². The highest BCUT2D eigenvalue weighted by molar-refractivity contribution is 6.21. The first kappa shape index (κ1) is 12.3. The highest BCUT2D eigenvalue weighted by atomic mass is 35.5. The SMILES string of the molecule is COc1ccc(C(Cl)CN(C)C)cc1C. The molecule has 2 nitrogen and oxygen atoms in total. The Morgan fingerprint density at radius 1 is 1.40 bits per heavy atom. The van der Waals surface area contributed by atoms with Gasteiger partial charge in [-0.2, -0.15) is 0 Å². The lowest BCUT2D eigenvalue weighted by atomic mass is 10.1. The van der Waals surface area contributed by atoms with Crippen molar-refractivity contribution in [1.29, 1.82) is 0 Å². The number of hydrogen-bond donors (Lipinski definition) is 0. The molecule has 0 saturated carbocycles. The van der Waals surface area contributed by atoms with Crippen molar-refractivity contribution in [2.45, 2.75) is 12.3 Å². The molecule has 3 heteroatoms. The Morgan fingerprint density at radius 3 is 2.53 bits per heavy atom. The van der Waals surface area contributed by atoms with Crippen molar-refractivity contribution in [3.63, 3.8) is 0 Å². The molecule has 0 aliphatic carbocycles.